The van der Waals surface area contributed by atoms with E-state index in [1.54, 1.807) is 0 Å². The van der Waals surface area contributed by atoms with Crippen molar-refractivity contribution in [2.45, 2.75) is 31.7 Å². The molecule has 1 aromatic rings. The van der Waals surface area contributed by atoms with Crippen LogP contribution in [0.2, 0.25) is 0 Å². The Balaban J connectivity index is 2.13. The lowest BCUT2D eigenvalue weighted by Crippen LogP contribution is -2.45. The second-order valence-electron chi connectivity index (χ2n) is 4.94. The molecule has 0 bridgehead atoms. The zero-order valence-electron chi connectivity index (χ0n) is 11.4. The number of hydrogen-bond acceptors (Lipinski definition) is 2. The van der Waals surface area contributed by atoms with Crippen LogP contribution in [-0.2, 0) is 4.79 Å². The topological polar surface area (TPSA) is 32.3 Å². The maximum Gasteiger partial charge on any atom is 0.230 e. The van der Waals surface area contributed by atoms with Crippen molar-refractivity contribution in [3.63, 3.8) is 0 Å². The summed E-state index contributed by atoms with van der Waals surface area (Å²) in [5.41, 5.74) is 1.06. The average Bonchev–Trinajstić information content (AvgIpc) is 2.95. The van der Waals surface area contributed by atoms with Gasteiger partial charge in [-0.15, -0.1) is 0 Å². The second kappa shape index (κ2) is 6.15. The van der Waals surface area contributed by atoms with Crippen LogP contribution in [0.1, 0.15) is 31.2 Å². The van der Waals surface area contributed by atoms with Crippen LogP contribution in [0.4, 0.5) is 0 Å². The van der Waals surface area contributed by atoms with E-state index < -0.39 is 0 Å². The molecule has 2 rings (SSSR count). The predicted molar refractivity (Wildman–Crippen MR) is 81.2 cm³/mol. The molecule has 0 aromatic heterocycles. The van der Waals surface area contributed by atoms with Crippen LogP contribution in [0.5, 0.6) is 0 Å². The Hall–Kier alpha value is -1.42. The Morgan fingerprint density at radius 1 is 1.42 bits per heavy atom. The van der Waals surface area contributed by atoms with E-state index in [9.17, 15) is 4.79 Å². The number of likely N-dealkylation sites (N-methyl/N-ethyl adjacent to an activating group) is 1. The molecule has 1 amide bonds. The van der Waals surface area contributed by atoms with Gasteiger partial charge in [0.25, 0.3) is 0 Å². The fourth-order valence-corrected chi connectivity index (χ4v) is 2.85. The minimum absolute atomic E-state index is 0.0682. The number of benzene rings is 1. The zero-order chi connectivity index (χ0) is 13.8. The lowest BCUT2D eigenvalue weighted by atomic mass is 9.99. The molecule has 1 aromatic carbocycles. The summed E-state index contributed by atoms with van der Waals surface area (Å²) in [5.74, 6) is 0.0627. The van der Waals surface area contributed by atoms with Gasteiger partial charge in [0.1, 0.15) is 0 Å². The maximum atomic E-state index is 12.6. The Morgan fingerprint density at radius 2 is 2.11 bits per heavy atom. The highest BCUT2D eigenvalue weighted by atomic mass is 32.1. The fraction of sp³-hybridized carbons (Fsp3) is 0.467. The molecule has 0 spiro atoms. The number of thiocarbonyl (C=S) groups is 1. The number of nitrogens with zero attached hydrogens (tertiary/aromatic N) is 1. The van der Waals surface area contributed by atoms with E-state index in [0.717, 1.165) is 29.9 Å². The normalized spacial score (nSPS) is 20.1. The van der Waals surface area contributed by atoms with Gasteiger partial charge in [-0.1, -0.05) is 42.5 Å². The van der Waals surface area contributed by atoms with E-state index >= 15 is 0 Å². The van der Waals surface area contributed by atoms with Crippen molar-refractivity contribution in [1.82, 2.24) is 10.2 Å². The van der Waals surface area contributed by atoms with Crippen LogP contribution in [-0.4, -0.2) is 35.4 Å². The molecule has 19 heavy (non-hydrogen) atoms. The molecule has 4 heteroatoms. The number of amides is 1. The van der Waals surface area contributed by atoms with Crippen LogP contribution in [0, 0.1) is 0 Å². The Bertz CT molecular complexity index is 460. The van der Waals surface area contributed by atoms with Crippen LogP contribution in [0.3, 0.4) is 0 Å². The summed E-state index contributed by atoms with van der Waals surface area (Å²) in [7, 11) is 1.82. The Morgan fingerprint density at radius 3 is 2.74 bits per heavy atom. The first kappa shape index (κ1) is 14.0. The summed E-state index contributed by atoms with van der Waals surface area (Å²) in [6.07, 6.45) is 1.99. The standard InChI is InChI=1S/C15H20N2OS/c1-11(12-7-4-3-5-8-12)15(18)17-10-6-9-13(17)14(19)16-2/h3-5,7-8,11,13H,6,9-10H2,1-2H3,(H,16,19)/t11-,13-/m1/s1. The number of carbonyl (C=O) groups is 1. The lowest BCUT2D eigenvalue weighted by molar-refractivity contribution is -0.132. The van der Waals surface area contributed by atoms with Gasteiger partial charge in [-0.2, -0.15) is 0 Å². The van der Waals surface area contributed by atoms with Crippen LogP contribution in [0.15, 0.2) is 30.3 Å². The number of nitrogens with one attached hydrogen (secondary N) is 1. The molecular weight excluding hydrogens is 256 g/mol. The quantitative estimate of drug-likeness (QED) is 0.860. The first-order valence-corrected chi connectivity index (χ1v) is 7.13. The van der Waals surface area contributed by atoms with Crippen molar-refractivity contribution in [1.29, 1.82) is 0 Å². The molecule has 1 aliphatic heterocycles. The van der Waals surface area contributed by atoms with Crippen molar-refractivity contribution in [2.75, 3.05) is 13.6 Å². The van der Waals surface area contributed by atoms with E-state index in [4.69, 9.17) is 12.2 Å². The third-order valence-corrected chi connectivity index (χ3v) is 4.23. The van der Waals surface area contributed by atoms with Gasteiger partial charge in [0.05, 0.1) is 16.9 Å². The summed E-state index contributed by atoms with van der Waals surface area (Å²) in [4.78, 5) is 15.3. The molecule has 1 N–H and O–H groups in total. The molecule has 0 saturated carbocycles. The van der Waals surface area contributed by atoms with Gasteiger partial charge in [0.2, 0.25) is 5.91 Å². The van der Waals surface area contributed by atoms with Gasteiger partial charge in [0, 0.05) is 13.6 Å². The van der Waals surface area contributed by atoms with Crippen molar-refractivity contribution < 1.29 is 4.79 Å². The lowest BCUT2D eigenvalue weighted by Gasteiger charge is -2.28. The van der Waals surface area contributed by atoms with Crippen molar-refractivity contribution in [3.05, 3.63) is 35.9 Å². The van der Waals surface area contributed by atoms with Gasteiger partial charge in [0.15, 0.2) is 0 Å². The SMILES string of the molecule is CNC(=S)[C@H]1CCCN1C(=O)[C@H](C)c1ccccc1. The Labute approximate surface area is 120 Å². The molecule has 3 nitrogen and oxygen atoms in total. The molecule has 1 heterocycles. The number of rotatable bonds is 3. The summed E-state index contributed by atoms with van der Waals surface area (Å²) in [5, 5.41) is 3.01. The van der Waals surface area contributed by atoms with Gasteiger partial charge in [-0.05, 0) is 25.3 Å². The highest BCUT2D eigenvalue weighted by Gasteiger charge is 2.33. The molecular formula is C15H20N2OS. The summed E-state index contributed by atoms with van der Waals surface area (Å²) in [6, 6.07) is 9.99. The summed E-state index contributed by atoms with van der Waals surface area (Å²) < 4.78 is 0. The number of carbonyl (C=O) groups excluding carboxylic acids is 1. The molecule has 1 aliphatic rings. The predicted octanol–water partition coefficient (Wildman–Crippen LogP) is 2.33. The second-order valence-corrected chi connectivity index (χ2v) is 5.38. The number of likely N-dealkylation sites (tertiary alicyclic amines) is 1. The highest BCUT2D eigenvalue weighted by molar-refractivity contribution is 7.80. The molecule has 0 aliphatic carbocycles. The first-order valence-electron chi connectivity index (χ1n) is 6.72. The molecule has 0 radical (unpaired) electrons. The van der Waals surface area contributed by atoms with Gasteiger partial charge in [-0.3, -0.25) is 4.79 Å². The molecule has 102 valence electrons. The monoisotopic (exact) mass is 276 g/mol. The van der Waals surface area contributed by atoms with E-state index in [1.807, 2.05) is 49.2 Å². The fourth-order valence-electron chi connectivity index (χ4n) is 2.60. The summed E-state index contributed by atoms with van der Waals surface area (Å²) in [6.45, 7) is 2.78. The average molecular weight is 276 g/mol. The minimum Gasteiger partial charge on any atom is -0.381 e. The van der Waals surface area contributed by atoms with Gasteiger partial charge in [-0.25, -0.2) is 0 Å². The maximum absolute atomic E-state index is 12.6. The van der Waals surface area contributed by atoms with E-state index in [-0.39, 0.29) is 17.9 Å². The van der Waals surface area contributed by atoms with E-state index in [2.05, 4.69) is 5.32 Å². The van der Waals surface area contributed by atoms with Crippen LogP contribution in [0.25, 0.3) is 0 Å². The van der Waals surface area contributed by atoms with Crippen LogP contribution >= 0.6 is 12.2 Å². The van der Waals surface area contributed by atoms with Crippen molar-refractivity contribution in [3.8, 4) is 0 Å². The van der Waals surface area contributed by atoms with Gasteiger partial charge < -0.3 is 10.2 Å². The highest BCUT2D eigenvalue weighted by Crippen LogP contribution is 2.25. The molecule has 2 atom stereocenters. The molecule has 1 fully saturated rings. The first-order chi connectivity index (χ1) is 9.15. The number of hydrogen-bond donors (Lipinski definition) is 1. The molecule has 1 saturated heterocycles. The third-order valence-electron chi connectivity index (χ3n) is 3.75. The van der Waals surface area contributed by atoms with E-state index in [0.29, 0.717) is 0 Å². The zero-order valence-corrected chi connectivity index (χ0v) is 12.2. The van der Waals surface area contributed by atoms with Crippen molar-refractivity contribution in [2.24, 2.45) is 0 Å². The Kier molecular flexibility index (Phi) is 4.53. The smallest absolute Gasteiger partial charge is 0.230 e. The minimum atomic E-state index is -0.110. The summed E-state index contributed by atoms with van der Waals surface area (Å²) >= 11 is 5.31. The largest absolute Gasteiger partial charge is 0.381 e. The van der Waals surface area contributed by atoms with Crippen LogP contribution < -0.4 is 5.32 Å². The third kappa shape index (κ3) is 2.95. The van der Waals surface area contributed by atoms with E-state index in [1.165, 1.54) is 0 Å². The molecule has 0 unspecified atom stereocenters. The van der Waals surface area contributed by atoms with Gasteiger partial charge >= 0.3 is 0 Å². The van der Waals surface area contributed by atoms with Crippen molar-refractivity contribution >= 4 is 23.1 Å².